The summed E-state index contributed by atoms with van der Waals surface area (Å²) in [5.41, 5.74) is 0.300. The molecule has 138 valence electrons. The van der Waals surface area contributed by atoms with Gasteiger partial charge in [0.2, 0.25) is 5.91 Å². The number of ether oxygens (including phenoxy) is 1. The first kappa shape index (κ1) is 16.2. The molecule has 4 aliphatic carbocycles. The van der Waals surface area contributed by atoms with Crippen molar-refractivity contribution in [1.82, 2.24) is 0 Å². The topological polar surface area (TPSA) is 67.4 Å². The second-order valence-corrected chi connectivity index (χ2v) is 9.43. The van der Waals surface area contributed by atoms with Gasteiger partial charge < -0.3 is 15.4 Å². The van der Waals surface area contributed by atoms with Gasteiger partial charge in [0, 0.05) is 5.69 Å². The largest absolute Gasteiger partial charge is 0.476 e. The summed E-state index contributed by atoms with van der Waals surface area (Å²) in [4.78, 5) is 25.3. The van der Waals surface area contributed by atoms with E-state index >= 15 is 0 Å². The molecular formula is C21H26N2O3. The fourth-order valence-electron chi connectivity index (χ4n) is 6.04. The van der Waals surface area contributed by atoms with E-state index in [1.54, 1.807) is 19.9 Å². The molecule has 4 bridgehead atoms. The van der Waals surface area contributed by atoms with Gasteiger partial charge >= 0.3 is 0 Å². The van der Waals surface area contributed by atoms with Crippen molar-refractivity contribution in [3.05, 3.63) is 18.2 Å². The summed E-state index contributed by atoms with van der Waals surface area (Å²) >= 11 is 0. The first-order valence-corrected chi connectivity index (χ1v) is 9.79. The normalized spacial score (nSPS) is 36.1. The predicted octanol–water partition coefficient (Wildman–Crippen LogP) is 3.95. The Bertz CT molecular complexity index is 763. The van der Waals surface area contributed by atoms with Crippen molar-refractivity contribution in [2.45, 2.75) is 58.0 Å². The number of carbonyl (C=O) groups is 2. The van der Waals surface area contributed by atoms with E-state index in [9.17, 15) is 9.59 Å². The average Bonchev–Trinajstić information content (AvgIpc) is 2.55. The van der Waals surface area contributed by atoms with Crippen LogP contribution in [0.4, 0.5) is 11.4 Å². The molecule has 2 amide bonds. The predicted molar refractivity (Wildman–Crippen MR) is 99.0 cm³/mol. The Balaban J connectivity index is 1.37. The molecule has 2 N–H and O–H groups in total. The van der Waals surface area contributed by atoms with Crippen molar-refractivity contribution in [3.63, 3.8) is 0 Å². The number of rotatable bonds is 2. The average molecular weight is 354 g/mol. The van der Waals surface area contributed by atoms with Crippen LogP contribution in [0.5, 0.6) is 5.75 Å². The number of hydrogen-bond acceptors (Lipinski definition) is 3. The molecule has 1 aliphatic heterocycles. The van der Waals surface area contributed by atoms with Crippen molar-refractivity contribution in [2.75, 3.05) is 10.6 Å². The van der Waals surface area contributed by atoms with Crippen molar-refractivity contribution < 1.29 is 14.3 Å². The molecule has 26 heavy (non-hydrogen) atoms. The molecule has 0 saturated heterocycles. The lowest BCUT2D eigenvalue weighted by Crippen LogP contribution is -2.51. The Hall–Kier alpha value is -2.04. The van der Waals surface area contributed by atoms with Crippen molar-refractivity contribution in [1.29, 1.82) is 0 Å². The highest BCUT2D eigenvalue weighted by molar-refractivity contribution is 6.02. The highest BCUT2D eigenvalue weighted by Gasteiger charge is 2.54. The molecule has 4 saturated carbocycles. The standard InChI is InChI=1S/C21H26N2O3/c1-20(2)18(24)23-16-8-15(3-4-17(16)26-20)22-19(25)21-9-12-5-13(10-21)7-14(6-12)11-21/h3-4,8,12-14H,5-7,9-11H2,1-2H3,(H,22,25)(H,23,24). The van der Waals surface area contributed by atoms with Gasteiger partial charge in [0.25, 0.3) is 5.91 Å². The summed E-state index contributed by atoms with van der Waals surface area (Å²) in [5.74, 6) is 2.86. The number of benzene rings is 1. The fourth-order valence-corrected chi connectivity index (χ4v) is 6.04. The number of hydrogen-bond donors (Lipinski definition) is 2. The minimum absolute atomic E-state index is 0.167. The summed E-state index contributed by atoms with van der Waals surface area (Å²) < 4.78 is 5.77. The lowest BCUT2D eigenvalue weighted by atomic mass is 9.49. The molecule has 0 spiro atoms. The molecule has 5 nitrogen and oxygen atoms in total. The molecule has 6 rings (SSSR count). The maximum absolute atomic E-state index is 13.2. The van der Waals surface area contributed by atoms with Crippen LogP contribution in [0.2, 0.25) is 0 Å². The molecule has 5 aliphatic rings. The summed E-state index contributed by atoms with van der Waals surface area (Å²) in [6.07, 6.45) is 7.11. The molecule has 1 aromatic carbocycles. The second kappa shape index (κ2) is 5.24. The lowest BCUT2D eigenvalue weighted by Gasteiger charge is -2.55. The molecule has 0 unspecified atom stereocenters. The van der Waals surface area contributed by atoms with Crippen LogP contribution in [-0.4, -0.2) is 17.4 Å². The summed E-state index contributed by atoms with van der Waals surface area (Å²) in [6, 6.07) is 5.50. The smallest absolute Gasteiger partial charge is 0.268 e. The van der Waals surface area contributed by atoms with E-state index in [-0.39, 0.29) is 17.2 Å². The lowest BCUT2D eigenvalue weighted by molar-refractivity contribution is -0.140. The third-order valence-electron chi connectivity index (χ3n) is 6.92. The van der Waals surface area contributed by atoms with E-state index in [1.165, 1.54) is 19.3 Å². The summed E-state index contributed by atoms with van der Waals surface area (Å²) in [7, 11) is 0. The third-order valence-corrected chi connectivity index (χ3v) is 6.92. The minimum atomic E-state index is -0.878. The second-order valence-electron chi connectivity index (χ2n) is 9.43. The molecule has 1 aromatic rings. The van der Waals surface area contributed by atoms with Gasteiger partial charge in [0.05, 0.1) is 11.1 Å². The Morgan fingerprint density at radius 1 is 1.12 bits per heavy atom. The van der Waals surface area contributed by atoms with E-state index in [0.29, 0.717) is 11.4 Å². The minimum Gasteiger partial charge on any atom is -0.476 e. The van der Waals surface area contributed by atoms with Gasteiger partial charge in [-0.2, -0.15) is 0 Å². The Kier molecular flexibility index (Phi) is 3.26. The zero-order valence-electron chi connectivity index (χ0n) is 15.4. The monoisotopic (exact) mass is 354 g/mol. The molecule has 0 aromatic heterocycles. The van der Waals surface area contributed by atoms with E-state index in [1.807, 2.05) is 12.1 Å². The molecular weight excluding hydrogens is 328 g/mol. The zero-order valence-corrected chi connectivity index (χ0v) is 15.4. The first-order valence-electron chi connectivity index (χ1n) is 9.79. The van der Waals surface area contributed by atoms with Crippen LogP contribution in [0.25, 0.3) is 0 Å². The van der Waals surface area contributed by atoms with Gasteiger partial charge in [0.1, 0.15) is 5.75 Å². The third kappa shape index (κ3) is 2.43. The Morgan fingerprint density at radius 2 is 1.73 bits per heavy atom. The van der Waals surface area contributed by atoms with Gasteiger partial charge in [-0.05, 0) is 88.3 Å². The van der Waals surface area contributed by atoms with Crippen LogP contribution in [0.1, 0.15) is 52.4 Å². The summed E-state index contributed by atoms with van der Waals surface area (Å²) in [5, 5.41) is 6.02. The van der Waals surface area contributed by atoms with Crippen LogP contribution < -0.4 is 15.4 Å². The Morgan fingerprint density at radius 3 is 2.35 bits per heavy atom. The van der Waals surface area contributed by atoms with Gasteiger partial charge in [-0.1, -0.05) is 0 Å². The molecule has 4 fully saturated rings. The number of fused-ring (bicyclic) bond motifs is 1. The SMILES string of the molecule is CC1(C)Oc2ccc(NC(=O)C34CC5CC(CC(C5)C3)C4)cc2NC1=O. The van der Waals surface area contributed by atoms with E-state index in [4.69, 9.17) is 4.74 Å². The van der Waals surface area contributed by atoms with Gasteiger partial charge in [-0.3, -0.25) is 9.59 Å². The van der Waals surface area contributed by atoms with E-state index in [2.05, 4.69) is 10.6 Å². The highest BCUT2D eigenvalue weighted by atomic mass is 16.5. The number of nitrogens with one attached hydrogen (secondary N) is 2. The van der Waals surface area contributed by atoms with Crippen molar-refractivity contribution in [3.8, 4) is 5.75 Å². The van der Waals surface area contributed by atoms with E-state index < -0.39 is 5.60 Å². The first-order chi connectivity index (χ1) is 12.3. The maximum atomic E-state index is 13.2. The van der Waals surface area contributed by atoms with Crippen molar-refractivity contribution >= 4 is 23.2 Å². The van der Waals surface area contributed by atoms with Crippen LogP contribution in [0.15, 0.2) is 18.2 Å². The van der Waals surface area contributed by atoms with Crippen molar-refractivity contribution in [2.24, 2.45) is 23.2 Å². The van der Waals surface area contributed by atoms with E-state index in [0.717, 1.165) is 42.7 Å². The molecule has 1 heterocycles. The van der Waals surface area contributed by atoms with Crippen LogP contribution >= 0.6 is 0 Å². The Labute approximate surface area is 153 Å². The summed E-state index contributed by atoms with van der Waals surface area (Å²) in [6.45, 7) is 3.49. The molecule has 0 radical (unpaired) electrons. The maximum Gasteiger partial charge on any atom is 0.268 e. The van der Waals surface area contributed by atoms with Crippen LogP contribution in [0, 0.1) is 23.2 Å². The number of carbonyl (C=O) groups excluding carboxylic acids is 2. The van der Waals surface area contributed by atoms with Gasteiger partial charge in [-0.15, -0.1) is 0 Å². The van der Waals surface area contributed by atoms with Crippen LogP contribution in [-0.2, 0) is 9.59 Å². The fraction of sp³-hybridized carbons (Fsp3) is 0.619. The molecule has 5 heteroatoms. The van der Waals surface area contributed by atoms with Gasteiger partial charge in [-0.25, -0.2) is 0 Å². The zero-order chi connectivity index (χ0) is 18.1. The number of amides is 2. The highest BCUT2D eigenvalue weighted by Crippen LogP contribution is 2.60. The van der Waals surface area contributed by atoms with Gasteiger partial charge in [0.15, 0.2) is 5.60 Å². The van der Waals surface area contributed by atoms with Crippen LogP contribution in [0.3, 0.4) is 0 Å². The molecule has 0 atom stereocenters. The number of anilines is 2. The quantitative estimate of drug-likeness (QED) is 0.845.